The molecule has 1 heterocycles. The van der Waals surface area contributed by atoms with Gasteiger partial charge in [0, 0.05) is 35.6 Å². The molecule has 0 radical (unpaired) electrons. The number of carbonyl (C=O) groups is 3. The van der Waals surface area contributed by atoms with E-state index in [9.17, 15) is 14.4 Å². The summed E-state index contributed by atoms with van der Waals surface area (Å²) in [5.41, 5.74) is 3.40. The number of hydrogen-bond acceptors (Lipinski definition) is 6. The van der Waals surface area contributed by atoms with Crippen molar-refractivity contribution in [1.29, 1.82) is 5.26 Å². The van der Waals surface area contributed by atoms with E-state index >= 15 is 0 Å². The molecule has 0 unspecified atom stereocenters. The summed E-state index contributed by atoms with van der Waals surface area (Å²) in [4.78, 5) is 38.2. The predicted molar refractivity (Wildman–Crippen MR) is 117 cm³/mol. The predicted octanol–water partition coefficient (Wildman–Crippen LogP) is 3.58. The Morgan fingerprint density at radius 2 is 1.81 bits per heavy atom. The number of para-hydroxylation sites is 1. The molecular weight excluding hydrogens is 394 g/mol. The Morgan fingerprint density at radius 1 is 1.13 bits per heavy atom. The van der Waals surface area contributed by atoms with Crippen LogP contribution in [0.3, 0.4) is 0 Å². The third-order valence-corrected chi connectivity index (χ3v) is 5.23. The molecule has 0 bridgehead atoms. The zero-order valence-corrected chi connectivity index (χ0v) is 17.6. The lowest BCUT2D eigenvalue weighted by Crippen LogP contribution is -2.25. The third kappa shape index (κ3) is 4.64. The van der Waals surface area contributed by atoms with Crippen molar-refractivity contribution in [3.63, 3.8) is 0 Å². The molecule has 0 spiro atoms. The first kappa shape index (κ1) is 21.8. The van der Waals surface area contributed by atoms with Crippen LogP contribution < -0.4 is 10.2 Å². The van der Waals surface area contributed by atoms with Crippen molar-refractivity contribution in [1.82, 2.24) is 0 Å². The Hall–Kier alpha value is -3.92. The number of nitrogens with zero attached hydrogens (tertiary/aromatic N) is 2. The molecule has 0 fully saturated rings. The Kier molecular flexibility index (Phi) is 6.21. The van der Waals surface area contributed by atoms with Crippen LogP contribution in [-0.4, -0.2) is 31.3 Å². The summed E-state index contributed by atoms with van der Waals surface area (Å²) in [5.74, 6) is -1.38. The number of likely N-dealkylation sites (N-methyl/N-ethyl adjacent to an activating group) is 1. The minimum atomic E-state index is -0.635. The molecule has 0 saturated heterocycles. The van der Waals surface area contributed by atoms with Crippen molar-refractivity contribution in [3.05, 3.63) is 71.4 Å². The smallest absolute Gasteiger partial charge is 0.338 e. The van der Waals surface area contributed by atoms with Crippen LogP contribution in [0.15, 0.2) is 60.3 Å². The highest BCUT2D eigenvalue weighted by atomic mass is 16.5. The van der Waals surface area contributed by atoms with Crippen LogP contribution in [0.25, 0.3) is 0 Å². The van der Waals surface area contributed by atoms with Gasteiger partial charge in [-0.3, -0.25) is 9.59 Å². The summed E-state index contributed by atoms with van der Waals surface area (Å²) in [6.07, 6.45) is 1.28. The Morgan fingerprint density at radius 3 is 2.45 bits per heavy atom. The molecule has 7 nitrogen and oxygen atoms in total. The molecule has 1 aliphatic heterocycles. The molecule has 0 aliphatic carbocycles. The molecule has 31 heavy (non-hydrogen) atoms. The van der Waals surface area contributed by atoms with E-state index in [1.54, 1.807) is 6.07 Å². The number of nitrogens with one attached hydrogen (secondary N) is 1. The fourth-order valence-corrected chi connectivity index (χ4v) is 3.64. The summed E-state index contributed by atoms with van der Waals surface area (Å²) < 4.78 is 5.16. The van der Waals surface area contributed by atoms with Crippen LogP contribution in [-0.2, 0) is 19.7 Å². The summed E-state index contributed by atoms with van der Waals surface area (Å²) >= 11 is 0. The van der Waals surface area contributed by atoms with Gasteiger partial charge in [0.05, 0.1) is 11.6 Å². The molecule has 1 amide bonds. The number of anilines is 2. The molecule has 1 N–H and O–H groups in total. The Bertz CT molecular complexity index is 1090. The van der Waals surface area contributed by atoms with E-state index in [1.807, 2.05) is 36.2 Å². The molecule has 0 saturated carbocycles. The summed E-state index contributed by atoms with van der Waals surface area (Å²) in [7, 11) is 1.91. The minimum absolute atomic E-state index is 0.252. The highest BCUT2D eigenvalue weighted by molar-refractivity contribution is 5.97. The lowest BCUT2D eigenvalue weighted by atomic mass is 9.83. The van der Waals surface area contributed by atoms with Gasteiger partial charge in [-0.25, -0.2) is 4.79 Å². The van der Waals surface area contributed by atoms with Crippen molar-refractivity contribution in [3.8, 4) is 6.07 Å². The number of amides is 1. The van der Waals surface area contributed by atoms with Crippen molar-refractivity contribution in [2.45, 2.75) is 25.7 Å². The zero-order valence-electron chi connectivity index (χ0n) is 17.6. The number of benzene rings is 2. The average molecular weight is 417 g/mol. The van der Waals surface area contributed by atoms with E-state index in [4.69, 9.17) is 10.00 Å². The number of hydrogen-bond donors (Lipinski definition) is 1. The van der Waals surface area contributed by atoms with Crippen LogP contribution in [0.1, 0.15) is 36.2 Å². The van der Waals surface area contributed by atoms with Gasteiger partial charge in [-0.15, -0.1) is 0 Å². The monoisotopic (exact) mass is 417 g/mol. The second kappa shape index (κ2) is 8.84. The number of carbonyl (C=O) groups excluding carboxylic acids is 3. The van der Waals surface area contributed by atoms with Gasteiger partial charge in [-0.05, 0) is 35.9 Å². The number of allylic oxidation sites excluding steroid dienone is 1. The van der Waals surface area contributed by atoms with Gasteiger partial charge < -0.3 is 15.0 Å². The number of fused-ring (bicyclic) bond motifs is 1. The molecule has 1 aliphatic rings. The number of ether oxygens (including phenoxy) is 1. The normalized spacial score (nSPS) is 15.2. The minimum Gasteiger partial charge on any atom is -0.454 e. The first-order valence-electron chi connectivity index (χ1n) is 9.76. The number of rotatable bonds is 6. The zero-order chi connectivity index (χ0) is 22.6. The van der Waals surface area contributed by atoms with Crippen molar-refractivity contribution >= 4 is 29.0 Å². The number of ketones is 1. The van der Waals surface area contributed by atoms with E-state index in [-0.39, 0.29) is 29.8 Å². The standard InChI is InChI=1S/C24H23N3O4/c1-24(2)19-6-4-5-7-20(19)27(3)21(24)14-18(28)15-31-23(30)16-8-10-17(11-9-16)26-22(29)12-13-25/h4-11,14H,12,15H2,1-3H3,(H,26,29). The highest BCUT2D eigenvalue weighted by Crippen LogP contribution is 2.46. The van der Waals surface area contributed by atoms with Crippen LogP contribution in [0.4, 0.5) is 11.4 Å². The molecular formula is C24H23N3O4. The SMILES string of the molecule is CN1C(=CC(=O)COC(=O)c2ccc(NC(=O)CC#N)cc2)C(C)(C)c2ccccc21. The lowest BCUT2D eigenvalue weighted by molar-refractivity contribution is -0.117. The maximum atomic E-state index is 12.5. The molecule has 158 valence electrons. The second-order valence-electron chi connectivity index (χ2n) is 7.73. The van der Waals surface area contributed by atoms with Gasteiger partial charge in [-0.1, -0.05) is 32.0 Å². The maximum absolute atomic E-state index is 12.5. The summed E-state index contributed by atoms with van der Waals surface area (Å²) in [6.45, 7) is 3.73. The lowest BCUT2D eigenvalue weighted by Gasteiger charge is -2.23. The molecule has 3 rings (SSSR count). The van der Waals surface area contributed by atoms with E-state index in [2.05, 4.69) is 19.2 Å². The van der Waals surface area contributed by atoms with Gasteiger partial charge >= 0.3 is 5.97 Å². The topological polar surface area (TPSA) is 99.5 Å². The van der Waals surface area contributed by atoms with Crippen LogP contribution in [0, 0.1) is 11.3 Å². The van der Waals surface area contributed by atoms with Gasteiger partial charge in [-0.2, -0.15) is 5.26 Å². The van der Waals surface area contributed by atoms with Crippen LogP contribution in [0.5, 0.6) is 0 Å². The van der Waals surface area contributed by atoms with Gasteiger partial charge in [0.2, 0.25) is 5.91 Å². The maximum Gasteiger partial charge on any atom is 0.338 e. The molecule has 0 atom stereocenters. The first-order chi connectivity index (χ1) is 14.7. The Balaban J connectivity index is 1.62. The third-order valence-electron chi connectivity index (χ3n) is 5.23. The van der Waals surface area contributed by atoms with Crippen molar-refractivity contribution in [2.75, 3.05) is 23.9 Å². The van der Waals surface area contributed by atoms with Gasteiger partial charge in [0.15, 0.2) is 12.4 Å². The fourth-order valence-electron chi connectivity index (χ4n) is 3.64. The van der Waals surface area contributed by atoms with E-state index < -0.39 is 11.9 Å². The second-order valence-corrected chi connectivity index (χ2v) is 7.73. The molecule has 2 aromatic rings. The number of nitriles is 1. The summed E-state index contributed by atoms with van der Waals surface area (Å²) in [5, 5.41) is 11.0. The van der Waals surface area contributed by atoms with Crippen molar-refractivity contribution < 1.29 is 19.1 Å². The molecule has 0 aromatic heterocycles. The van der Waals surface area contributed by atoms with E-state index in [1.165, 1.54) is 30.3 Å². The highest BCUT2D eigenvalue weighted by Gasteiger charge is 2.38. The molecule has 7 heteroatoms. The van der Waals surface area contributed by atoms with Crippen molar-refractivity contribution in [2.24, 2.45) is 0 Å². The quantitative estimate of drug-likeness (QED) is 0.570. The van der Waals surface area contributed by atoms with E-state index in [0.717, 1.165) is 16.9 Å². The fraction of sp³-hybridized carbons (Fsp3) is 0.250. The van der Waals surface area contributed by atoms with Crippen LogP contribution in [0.2, 0.25) is 0 Å². The van der Waals surface area contributed by atoms with Gasteiger partial charge in [0.25, 0.3) is 0 Å². The summed E-state index contributed by atoms with van der Waals surface area (Å²) in [6, 6.07) is 15.8. The van der Waals surface area contributed by atoms with Gasteiger partial charge in [0.1, 0.15) is 6.42 Å². The number of esters is 1. The first-order valence-corrected chi connectivity index (χ1v) is 9.76. The largest absolute Gasteiger partial charge is 0.454 e. The average Bonchev–Trinajstić information content (AvgIpc) is 2.93. The molecule has 2 aromatic carbocycles. The van der Waals surface area contributed by atoms with E-state index in [0.29, 0.717) is 5.69 Å². The van der Waals surface area contributed by atoms with Crippen LogP contribution >= 0.6 is 0 Å². The Labute approximate surface area is 180 Å².